The SMILES string of the molecule is c1ccc(COCCN2CCC3(CC2)OCCO3)cc1. The van der Waals surface area contributed by atoms with Crippen LogP contribution in [0, 0.1) is 0 Å². The van der Waals surface area contributed by atoms with E-state index in [2.05, 4.69) is 17.0 Å². The molecule has 0 aromatic heterocycles. The van der Waals surface area contributed by atoms with E-state index in [9.17, 15) is 0 Å². The number of benzene rings is 1. The van der Waals surface area contributed by atoms with E-state index < -0.39 is 0 Å². The third-order valence-electron chi connectivity index (χ3n) is 4.09. The van der Waals surface area contributed by atoms with Gasteiger partial charge in [-0.2, -0.15) is 0 Å². The van der Waals surface area contributed by atoms with Gasteiger partial charge in [0.25, 0.3) is 0 Å². The highest BCUT2D eigenvalue weighted by atomic mass is 16.7. The Labute approximate surface area is 120 Å². The third kappa shape index (κ3) is 3.58. The summed E-state index contributed by atoms with van der Waals surface area (Å²) in [6, 6.07) is 10.3. The predicted octanol–water partition coefficient (Wildman–Crippen LogP) is 2.04. The van der Waals surface area contributed by atoms with Gasteiger partial charge in [0.05, 0.1) is 26.4 Å². The van der Waals surface area contributed by atoms with E-state index in [1.54, 1.807) is 0 Å². The van der Waals surface area contributed by atoms with E-state index in [0.29, 0.717) is 6.61 Å². The van der Waals surface area contributed by atoms with Crippen LogP contribution in [0.15, 0.2) is 30.3 Å². The molecular weight excluding hydrogens is 254 g/mol. The molecule has 0 unspecified atom stereocenters. The zero-order chi connectivity index (χ0) is 13.7. The second kappa shape index (κ2) is 6.68. The van der Waals surface area contributed by atoms with Gasteiger partial charge in [0.15, 0.2) is 5.79 Å². The van der Waals surface area contributed by atoms with Crippen molar-refractivity contribution in [1.29, 1.82) is 0 Å². The van der Waals surface area contributed by atoms with E-state index in [1.807, 2.05) is 18.2 Å². The molecule has 0 radical (unpaired) electrons. The summed E-state index contributed by atoms with van der Waals surface area (Å²) in [7, 11) is 0. The maximum atomic E-state index is 5.74. The van der Waals surface area contributed by atoms with Crippen LogP contribution in [0.4, 0.5) is 0 Å². The Morgan fingerprint density at radius 3 is 2.45 bits per heavy atom. The van der Waals surface area contributed by atoms with Crippen molar-refractivity contribution in [3.8, 4) is 0 Å². The highest BCUT2D eigenvalue weighted by Gasteiger charge is 2.39. The normalized spacial score (nSPS) is 22.4. The third-order valence-corrected chi connectivity index (χ3v) is 4.09. The van der Waals surface area contributed by atoms with Crippen molar-refractivity contribution in [2.45, 2.75) is 25.2 Å². The molecule has 0 N–H and O–H groups in total. The van der Waals surface area contributed by atoms with Crippen LogP contribution in [0.5, 0.6) is 0 Å². The van der Waals surface area contributed by atoms with Gasteiger partial charge in [-0.05, 0) is 5.56 Å². The van der Waals surface area contributed by atoms with Gasteiger partial charge in [-0.1, -0.05) is 30.3 Å². The minimum Gasteiger partial charge on any atom is -0.375 e. The molecule has 2 heterocycles. The van der Waals surface area contributed by atoms with Crippen LogP contribution in [0.25, 0.3) is 0 Å². The first kappa shape index (κ1) is 14.0. The highest BCUT2D eigenvalue weighted by Crippen LogP contribution is 2.30. The Bertz CT molecular complexity index is 393. The average Bonchev–Trinajstić information content (AvgIpc) is 2.95. The summed E-state index contributed by atoms with van der Waals surface area (Å²) in [5.41, 5.74) is 1.23. The summed E-state index contributed by atoms with van der Waals surface area (Å²) in [5.74, 6) is -0.263. The zero-order valence-corrected chi connectivity index (χ0v) is 11.9. The minimum absolute atomic E-state index is 0.263. The second-order valence-corrected chi connectivity index (χ2v) is 5.49. The first-order valence-corrected chi connectivity index (χ1v) is 7.48. The number of nitrogens with zero attached hydrogens (tertiary/aromatic N) is 1. The van der Waals surface area contributed by atoms with Crippen LogP contribution in [0.2, 0.25) is 0 Å². The number of likely N-dealkylation sites (tertiary alicyclic amines) is 1. The fraction of sp³-hybridized carbons (Fsp3) is 0.625. The van der Waals surface area contributed by atoms with Crippen molar-refractivity contribution >= 4 is 0 Å². The fourth-order valence-electron chi connectivity index (χ4n) is 2.86. The first-order chi connectivity index (χ1) is 9.86. The van der Waals surface area contributed by atoms with Gasteiger partial charge in [-0.25, -0.2) is 0 Å². The molecule has 1 aromatic carbocycles. The molecule has 4 heteroatoms. The van der Waals surface area contributed by atoms with Crippen LogP contribution >= 0.6 is 0 Å². The largest absolute Gasteiger partial charge is 0.375 e. The molecule has 0 saturated carbocycles. The number of piperidine rings is 1. The highest BCUT2D eigenvalue weighted by molar-refractivity contribution is 5.13. The molecule has 1 aromatic rings. The summed E-state index contributed by atoms with van der Waals surface area (Å²) in [6.45, 7) is 6.04. The van der Waals surface area contributed by atoms with Gasteiger partial charge < -0.3 is 19.1 Å². The first-order valence-electron chi connectivity index (χ1n) is 7.48. The van der Waals surface area contributed by atoms with Crippen LogP contribution in [0.1, 0.15) is 18.4 Å². The molecule has 0 amide bonds. The lowest BCUT2D eigenvalue weighted by molar-refractivity contribution is -0.185. The van der Waals surface area contributed by atoms with E-state index >= 15 is 0 Å². The van der Waals surface area contributed by atoms with E-state index in [1.165, 1.54) is 5.56 Å². The number of hydrogen-bond donors (Lipinski definition) is 0. The van der Waals surface area contributed by atoms with E-state index in [-0.39, 0.29) is 5.79 Å². The summed E-state index contributed by atoms with van der Waals surface area (Å²) < 4.78 is 17.2. The number of ether oxygens (including phenoxy) is 3. The van der Waals surface area contributed by atoms with Crippen molar-refractivity contribution < 1.29 is 14.2 Å². The maximum absolute atomic E-state index is 5.74. The Hall–Kier alpha value is -0.940. The van der Waals surface area contributed by atoms with Gasteiger partial charge in [0.1, 0.15) is 0 Å². The maximum Gasteiger partial charge on any atom is 0.170 e. The van der Waals surface area contributed by atoms with Crippen molar-refractivity contribution in [1.82, 2.24) is 4.90 Å². The van der Waals surface area contributed by atoms with Gasteiger partial charge in [0, 0.05) is 32.5 Å². The van der Waals surface area contributed by atoms with Crippen LogP contribution < -0.4 is 0 Å². The second-order valence-electron chi connectivity index (χ2n) is 5.49. The number of rotatable bonds is 5. The van der Waals surface area contributed by atoms with Gasteiger partial charge >= 0.3 is 0 Å². The van der Waals surface area contributed by atoms with Gasteiger partial charge in [-0.15, -0.1) is 0 Å². The smallest absolute Gasteiger partial charge is 0.170 e. The Balaban J connectivity index is 1.32. The molecule has 20 heavy (non-hydrogen) atoms. The summed E-state index contributed by atoms with van der Waals surface area (Å²) >= 11 is 0. The molecule has 1 spiro atoms. The average molecular weight is 277 g/mol. The standard InChI is InChI=1S/C16H23NO3/c1-2-4-15(5-3-1)14-18-11-10-17-8-6-16(7-9-17)19-12-13-20-16/h1-5H,6-14H2. The fourth-order valence-corrected chi connectivity index (χ4v) is 2.86. The van der Waals surface area contributed by atoms with Crippen molar-refractivity contribution in [3.05, 3.63) is 35.9 Å². The minimum atomic E-state index is -0.263. The molecule has 4 nitrogen and oxygen atoms in total. The Morgan fingerprint density at radius 1 is 1.05 bits per heavy atom. The monoisotopic (exact) mass is 277 g/mol. The molecular formula is C16H23NO3. The topological polar surface area (TPSA) is 30.9 Å². The van der Waals surface area contributed by atoms with Crippen LogP contribution in [-0.4, -0.2) is 50.1 Å². The molecule has 110 valence electrons. The lowest BCUT2D eigenvalue weighted by atomic mass is 10.0. The molecule has 2 aliphatic rings. The predicted molar refractivity (Wildman–Crippen MR) is 76.4 cm³/mol. The Kier molecular flexibility index (Phi) is 4.68. The molecule has 2 saturated heterocycles. The summed E-state index contributed by atoms with van der Waals surface area (Å²) in [6.07, 6.45) is 1.96. The van der Waals surface area contributed by atoms with Gasteiger partial charge in [0.2, 0.25) is 0 Å². The van der Waals surface area contributed by atoms with Crippen molar-refractivity contribution in [2.24, 2.45) is 0 Å². The quantitative estimate of drug-likeness (QED) is 0.771. The molecule has 2 fully saturated rings. The lowest BCUT2D eigenvalue weighted by Crippen LogP contribution is -2.45. The molecule has 2 aliphatic heterocycles. The van der Waals surface area contributed by atoms with E-state index in [0.717, 1.165) is 52.3 Å². The molecule has 0 bridgehead atoms. The van der Waals surface area contributed by atoms with Crippen molar-refractivity contribution in [3.63, 3.8) is 0 Å². The summed E-state index contributed by atoms with van der Waals surface area (Å²) in [5, 5.41) is 0. The van der Waals surface area contributed by atoms with Crippen LogP contribution in [-0.2, 0) is 20.8 Å². The number of hydrogen-bond acceptors (Lipinski definition) is 4. The molecule has 0 atom stereocenters. The van der Waals surface area contributed by atoms with Gasteiger partial charge in [-0.3, -0.25) is 0 Å². The Morgan fingerprint density at radius 2 is 1.75 bits per heavy atom. The lowest BCUT2D eigenvalue weighted by Gasteiger charge is -2.37. The zero-order valence-electron chi connectivity index (χ0n) is 11.9. The van der Waals surface area contributed by atoms with E-state index in [4.69, 9.17) is 14.2 Å². The molecule has 0 aliphatic carbocycles. The molecule has 3 rings (SSSR count). The van der Waals surface area contributed by atoms with Crippen molar-refractivity contribution in [2.75, 3.05) is 39.5 Å². The summed E-state index contributed by atoms with van der Waals surface area (Å²) in [4.78, 5) is 2.43. The van der Waals surface area contributed by atoms with Crippen LogP contribution in [0.3, 0.4) is 0 Å².